The smallest absolute Gasteiger partial charge is 0.280 e. The summed E-state index contributed by atoms with van der Waals surface area (Å²) in [7, 11) is 1.54. The van der Waals surface area contributed by atoms with Crippen LogP contribution in [0, 0.1) is 13.8 Å². The van der Waals surface area contributed by atoms with Gasteiger partial charge < -0.3 is 9.47 Å². The van der Waals surface area contributed by atoms with Crippen molar-refractivity contribution < 1.29 is 9.47 Å². The molecule has 9 heteroatoms. The number of halogens is 1. The zero-order valence-electron chi connectivity index (χ0n) is 21.2. The second kappa shape index (κ2) is 10.1. The minimum absolute atomic E-state index is 0.0534. The monoisotopic (exact) mass is 505 g/mol. The van der Waals surface area contributed by atoms with E-state index < -0.39 is 5.56 Å². The predicted molar refractivity (Wildman–Crippen MR) is 139 cm³/mol. The topological polar surface area (TPSA) is 92.0 Å². The number of aromatic nitrogens is 5. The van der Waals surface area contributed by atoms with Crippen LogP contribution in [0.25, 0.3) is 16.9 Å². The van der Waals surface area contributed by atoms with Gasteiger partial charge in [-0.25, -0.2) is 15.0 Å². The summed E-state index contributed by atoms with van der Waals surface area (Å²) in [5.41, 5.74) is 3.25. The van der Waals surface area contributed by atoms with Gasteiger partial charge in [0.15, 0.2) is 5.02 Å². The van der Waals surface area contributed by atoms with Gasteiger partial charge in [-0.1, -0.05) is 50.6 Å². The molecule has 186 valence electrons. The standard InChI is InChI=1S/C27H28ClN5O3/c1-16-14-29-26(27(3,4)5)32-23(16)18-9-7-11-20(13-18)33-17(2)30-24(22(28)25(33)34)36-15-19-10-8-12-21(31-19)35-6/h7-14H,15H2,1-6H3. The SMILES string of the molecule is COc1cccc(COc2nc(C)n(-c3cccc(-c4nc(C(C)(C)C)ncc4C)c3)c(=O)c2Cl)n1. The molecule has 3 aromatic heterocycles. The fourth-order valence-corrected chi connectivity index (χ4v) is 3.85. The van der Waals surface area contributed by atoms with Crippen LogP contribution in [-0.4, -0.2) is 31.6 Å². The summed E-state index contributed by atoms with van der Waals surface area (Å²) >= 11 is 6.41. The van der Waals surface area contributed by atoms with Crippen molar-refractivity contribution in [2.24, 2.45) is 0 Å². The molecule has 0 aliphatic rings. The predicted octanol–water partition coefficient (Wildman–Crippen LogP) is 5.24. The quantitative estimate of drug-likeness (QED) is 0.354. The first-order valence-electron chi connectivity index (χ1n) is 11.5. The van der Waals surface area contributed by atoms with Crippen LogP contribution in [0.5, 0.6) is 11.8 Å². The molecular weight excluding hydrogens is 478 g/mol. The molecule has 0 amide bonds. The minimum atomic E-state index is -0.426. The summed E-state index contributed by atoms with van der Waals surface area (Å²) in [5.74, 6) is 1.70. The Labute approximate surface area is 215 Å². The van der Waals surface area contributed by atoms with Crippen LogP contribution in [0.1, 0.15) is 43.7 Å². The normalized spacial score (nSPS) is 11.4. The molecule has 0 saturated carbocycles. The first-order chi connectivity index (χ1) is 17.1. The van der Waals surface area contributed by atoms with Gasteiger partial charge in [-0.3, -0.25) is 9.36 Å². The van der Waals surface area contributed by atoms with Crippen molar-refractivity contribution >= 4 is 11.6 Å². The molecule has 0 fully saturated rings. The number of nitrogens with zero attached hydrogens (tertiary/aromatic N) is 5. The number of hydrogen-bond acceptors (Lipinski definition) is 7. The maximum atomic E-state index is 13.3. The summed E-state index contributed by atoms with van der Waals surface area (Å²) in [5, 5.41) is -0.109. The van der Waals surface area contributed by atoms with Crippen LogP contribution in [0.15, 0.2) is 53.5 Å². The molecule has 0 saturated heterocycles. The molecule has 4 rings (SSSR count). The van der Waals surface area contributed by atoms with Gasteiger partial charge in [0, 0.05) is 23.2 Å². The zero-order chi connectivity index (χ0) is 26.0. The van der Waals surface area contributed by atoms with Gasteiger partial charge in [0.1, 0.15) is 18.3 Å². The van der Waals surface area contributed by atoms with Crippen LogP contribution in [0.3, 0.4) is 0 Å². The molecule has 0 bridgehead atoms. The van der Waals surface area contributed by atoms with Crippen molar-refractivity contribution in [1.82, 2.24) is 24.5 Å². The van der Waals surface area contributed by atoms with Crippen molar-refractivity contribution in [3.63, 3.8) is 0 Å². The molecule has 0 aliphatic carbocycles. The molecule has 0 N–H and O–H groups in total. The Morgan fingerprint density at radius 3 is 2.50 bits per heavy atom. The van der Waals surface area contributed by atoms with Crippen molar-refractivity contribution in [2.75, 3.05) is 7.11 Å². The van der Waals surface area contributed by atoms with E-state index in [4.69, 9.17) is 26.1 Å². The molecule has 0 aliphatic heterocycles. The van der Waals surface area contributed by atoms with Crippen molar-refractivity contribution in [1.29, 1.82) is 0 Å². The second-order valence-electron chi connectivity index (χ2n) is 9.40. The first-order valence-corrected chi connectivity index (χ1v) is 11.8. The third-order valence-electron chi connectivity index (χ3n) is 5.53. The van der Waals surface area contributed by atoms with Crippen LogP contribution in [0.4, 0.5) is 0 Å². The van der Waals surface area contributed by atoms with E-state index in [0.717, 1.165) is 22.6 Å². The molecule has 4 aromatic rings. The van der Waals surface area contributed by atoms with Gasteiger partial charge in [0.05, 0.1) is 24.2 Å². The first kappa shape index (κ1) is 25.3. The Bertz CT molecular complexity index is 1480. The number of aryl methyl sites for hydroxylation is 2. The number of ether oxygens (including phenoxy) is 2. The minimum Gasteiger partial charge on any atom is -0.481 e. The lowest BCUT2D eigenvalue weighted by Gasteiger charge is -2.18. The molecule has 0 atom stereocenters. The molecule has 0 radical (unpaired) electrons. The van der Waals surface area contributed by atoms with Crippen molar-refractivity contribution in [3.05, 3.63) is 86.9 Å². The molecule has 3 heterocycles. The molecular formula is C27H28ClN5O3. The van der Waals surface area contributed by atoms with E-state index >= 15 is 0 Å². The molecule has 1 aromatic carbocycles. The maximum Gasteiger partial charge on any atom is 0.280 e. The van der Waals surface area contributed by atoms with Gasteiger partial charge >= 0.3 is 0 Å². The van der Waals surface area contributed by atoms with Gasteiger partial charge in [-0.2, -0.15) is 4.98 Å². The lowest BCUT2D eigenvalue weighted by Crippen LogP contribution is -2.23. The van der Waals surface area contributed by atoms with Gasteiger partial charge in [-0.15, -0.1) is 0 Å². The number of benzene rings is 1. The van der Waals surface area contributed by atoms with Gasteiger partial charge in [0.2, 0.25) is 11.8 Å². The van der Waals surface area contributed by atoms with Gasteiger partial charge in [0.25, 0.3) is 5.56 Å². The Kier molecular flexibility index (Phi) is 7.08. The van der Waals surface area contributed by atoms with Crippen LogP contribution in [0.2, 0.25) is 5.02 Å². The van der Waals surface area contributed by atoms with E-state index in [1.54, 1.807) is 32.2 Å². The number of methoxy groups -OCH3 is 1. The highest BCUT2D eigenvalue weighted by Gasteiger charge is 2.20. The second-order valence-corrected chi connectivity index (χ2v) is 9.78. The maximum absolute atomic E-state index is 13.3. The highest BCUT2D eigenvalue weighted by molar-refractivity contribution is 6.31. The molecule has 0 unspecified atom stereocenters. The lowest BCUT2D eigenvalue weighted by atomic mass is 9.95. The van der Waals surface area contributed by atoms with Crippen LogP contribution in [-0.2, 0) is 12.0 Å². The number of hydrogen-bond donors (Lipinski definition) is 0. The summed E-state index contributed by atoms with van der Waals surface area (Å²) < 4.78 is 12.3. The van der Waals surface area contributed by atoms with E-state index in [2.05, 4.69) is 35.7 Å². The van der Waals surface area contributed by atoms with E-state index in [1.165, 1.54) is 4.57 Å². The fraction of sp³-hybridized carbons (Fsp3) is 0.296. The van der Waals surface area contributed by atoms with Crippen molar-refractivity contribution in [2.45, 2.75) is 46.6 Å². The summed E-state index contributed by atoms with van der Waals surface area (Å²) in [6.07, 6.45) is 1.83. The molecule has 0 spiro atoms. The Balaban J connectivity index is 1.69. The third kappa shape index (κ3) is 5.23. The zero-order valence-corrected chi connectivity index (χ0v) is 21.9. The highest BCUT2D eigenvalue weighted by Crippen LogP contribution is 2.27. The molecule has 36 heavy (non-hydrogen) atoms. The van der Waals surface area contributed by atoms with E-state index in [0.29, 0.717) is 23.1 Å². The highest BCUT2D eigenvalue weighted by atomic mass is 35.5. The van der Waals surface area contributed by atoms with E-state index in [-0.39, 0.29) is 22.9 Å². The fourth-order valence-electron chi connectivity index (χ4n) is 3.66. The Hall–Kier alpha value is -3.78. The van der Waals surface area contributed by atoms with Crippen LogP contribution < -0.4 is 15.0 Å². The lowest BCUT2D eigenvalue weighted by molar-refractivity contribution is 0.284. The summed E-state index contributed by atoms with van der Waals surface area (Å²) in [4.78, 5) is 31.3. The molecule has 8 nitrogen and oxygen atoms in total. The number of rotatable bonds is 6. The number of pyridine rings is 1. The largest absolute Gasteiger partial charge is 0.481 e. The Morgan fingerprint density at radius 1 is 1.03 bits per heavy atom. The van der Waals surface area contributed by atoms with E-state index in [9.17, 15) is 4.79 Å². The average molecular weight is 506 g/mol. The van der Waals surface area contributed by atoms with Crippen LogP contribution >= 0.6 is 11.6 Å². The van der Waals surface area contributed by atoms with Gasteiger partial charge in [-0.05, 0) is 37.6 Å². The van der Waals surface area contributed by atoms with E-state index in [1.807, 2.05) is 37.4 Å². The Morgan fingerprint density at radius 2 is 1.78 bits per heavy atom. The average Bonchev–Trinajstić information content (AvgIpc) is 2.85. The summed E-state index contributed by atoms with van der Waals surface area (Å²) in [6.45, 7) is 10.0. The summed E-state index contributed by atoms with van der Waals surface area (Å²) in [6, 6.07) is 12.9. The van der Waals surface area contributed by atoms with Crippen molar-refractivity contribution in [3.8, 4) is 28.7 Å². The third-order valence-corrected chi connectivity index (χ3v) is 5.86.